The Morgan fingerprint density at radius 1 is 1.18 bits per heavy atom. The number of amides is 2. The lowest BCUT2D eigenvalue weighted by Crippen LogP contribution is -2.52. The van der Waals surface area contributed by atoms with Crippen LogP contribution in [0.1, 0.15) is 38.2 Å². The molecule has 2 amide bonds. The van der Waals surface area contributed by atoms with Gasteiger partial charge in [-0.2, -0.15) is 5.10 Å². The quantitative estimate of drug-likeness (QED) is 0.825. The molecule has 8 heteroatoms. The number of aromatic nitrogens is 4. The summed E-state index contributed by atoms with van der Waals surface area (Å²) >= 11 is 0. The minimum Gasteiger partial charge on any atom is -0.353 e. The van der Waals surface area contributed by atoms with Gasteiger partial charge in [0, 0.05) is 69.3 Å². The van der Waals surface area contributed by atoms with Gasteiger partial charge in [-0.1, -0.05) is 20.8 Å². The van der Waals surface area contributed by atoms with E-state index in [2.05, 4.69) is 41.1 Å². The van der Waals surface area contributed by atoms with Crippen LogP contribution < -0.4 is 10.2 Å². The first kappa shape index (κ1) is 20.1. The Bertz CT molecular complexity index is 767. The summed E-state index contributed by atoms with van der Waals surface area (Å²) < 4.78 is 1.89. The molecule has 0 radical (unpaired) electrons. The van der Waals surface area contributed by atoms with Crippen LogP contribution in [0.5, 0.6) is 0 Å². The van der Waals surface area contributed by atoms with Crippen LogP contribution in [-0.4, -0.2) is 63.4 Å². The Labute approximate surface area is 167 Å². The van der Waals surface area contributed by atoms with Gasteiger partial charge in [0.05, 0.1) is 0 Å². The van der Waals surface area contributed by atoms with Gasteiger partial charge < -0.3 is 15.1 Å². The molecule has 1 fully saturated rings. The number of nitrogens with one attached hydrogen (secondary N) is 1. The van der Waals surface area contributed by atoms with Crippen molar-refractivity contribution < 1.29 is 4.79 Å². The zero-order valence-corrected chi connectivity index (χ0v) is 17.3. The summed E-state index contributed by atoms with van der Waals surface area (Å²) in [5.74, 6) is 2.46. The number of hydrogen-bond acceptors (Lipinski definition) is 5. The van der Waals surface area contributed by atoms with E-state index in [4.69, 9.17) is 4.98 Å². The number of carbonyl (C=O) groups excluding carboxylic acids is 1. The van der Waals surface area contributed by atoms with E-state index in [0.29, 0.717) is 31.5 Å². The average Bonchev–Trinajstić information content (AvgIpc) is 3.18. The van der Waals surface area contributed by atoms with Crippen molar-refractivity contribution in [3.8, 4) is 0 Å². The minimum atomic E-state index is 0.00806. The smallest absolute Gasteiger partial charge is 0.317 e. The van der Waals surface area contributed by atoms with Gasteiger partial charge in [0.15, 0.2) is 0 Å². The van der Waals surface area contributed by atoms with Crippen LogP contribution in [0.15, 0.2) is 24.5 Å². The topological polar surface area (TPSA) is 79.2 Å². The predicted molar refractivity (Wildman–Crippen MR) is 109 cm³/mol. The van der Waals surface area contributed by atoms with E-state index < -0.39 is 0 Å². The summed E-state index contributed by atoms with van der Waals surface area (Å²) in [6, 6.07) is 3.95. The summed E-state index contributed by atoms with van der Waals surface area (Å²) in [7, 11) is 0. The second-order valence-corrected chi connectivity index (χ2v) is 7.87. The lowest BCUT2D eigenvalue weighted by Gasteiger charge is -2.35. The zero-order valence-electron chi connectivity index (χ0n) is 17.3. The van der Waals surface area contributed by atoms with Gasteiger partial charge in [-0.3, -0.25) is 4.68 Å². The summed E-state index contributed by atoms with van der Waals surface area (Å²) in [6.45, 7) is 12.7. The standard InChI is InChI=1S/C20H31N7O/c1-15(2)19-23-17(4)12-18(24-19)25-8-10-26(11-9-25)20(28)21-13-16(3)14-27-7-5-6-22-27/h5-7,12,15-16H,8-11,13-14H2,1-4H3,(H,21,28). The van der Waals surface area contributed by atoms with Crippen molar-refractivity contribution >= 4 is 11.8 Å². The first-order chi connectivity index (χ1) is 13.4. The maximum Gasteiger partial charge on any atom is 0.317 e. The molecule has 0 saturated carbocycles. The Hall–Kier alpha value is -2.64. The number of hydrogen-bond donors (Lipinski definition) is 1. The number of urea groups is 1. The molecular formula is C20H31N7O. The molecular weight excluding hydrogens is 354 g/mol. The molecule has 28 heavy (non-hydrogen) atoms. The molecule has 0 spiro atoms. The van der Waals surface area contributed by atoms with Gasteiger partial charge in [-0.05, 0) is 18.9 Å². The van der Waals surface area contributed by atoms with E-state index in [-0.39, 0.29) is 6.03 Å². The Morgan fingerprint density at radius 2 is 1.93 bits per heavy atom. The fraction of sp³-hybridized carbons (Fsp3) is 0.600. The third kappa shape index (κ3) is 5.21. The van der Waals surface area contributed by atoms with E-state index in [0.717, 1.165) is 37.0 Å². The molecule has 1 aliphatic rings. The third-order valence-electron chi connectivity index (χ3n) is 4.92. The molecule has 152 valence electrons. The van der Waals surface area contributed by atoms with Gasteiger partial charge in [-0.15, -0.1) is 0 Å². The molecule has 3 rings (SSSR count). The molecule has 8 nitrogen and oxygen atoms in total. The first-order valence-corrected chi connectivity index (χ1v) is 10.0. The molecule has 1 unspecified atom stereocenters. The van der Waals surface area contributed by atoms with Crippen molar-refractivity contribution in [1.29, 1.82) is 0 Å². The normalized spacial score (nSPS) is 15.8. The fourth-order valence-corrected chi connectivity index (χ4v) is 3.30. The monoisotopic (exact) mass is 385 g/mol. The zero-order chi connectivity index (χ0) is 20.1. The van der Waals surface area contributed by atoms with E-state index in [1.54, 1.807) is 6.20 Å². The summed E-state index contributed by atoms with van der Waals surface area (Å²) in [4.78, 5) is 25.8. The Morgan fingerprint density at radius 3 is 2.57 bits per heavy atom. The third-order valence-corrected chi connectivity index (χ3v) is 4.92. The average molecular weight is 386 g/mol. The van der Waals surface area contributed by atoms with Crippen LogP contribution in [0.2, 0.25) is 0 Å². The number of aryl methyl sites for hydroxylation is 1. The Balaban J connectivity index is 1.47. The largest absolute Gasteiger partial charge is 0.353 e. The molecule has 0 aliphatic carbocycles. The van der Waals surface area contributed by atoms with Crippen LogP contribution >= 0.6 is 0 Å². The number of piperazine rings is 1. The van der Waals surface area contributed by atoms with Crippen molar-refractivity contribution in [2.45, 2.75) is 40.2 Å². The van der Waals surface area contributed by atoms with Crippen molar-refractivity contribution in [3.63, 3.8) is 0 Å². The van der Waals surface area contributed by atoms with Gasteiger partial charge in [0.25, 0.3) is 0 Å². The highest BCUT2D eigenvalue weighted by Gasteiger charge is 2.23. The number of nitrogens with zero attached hydrogens (tertiary/aromatic N) is 6. The molecule has 3 heterocycles. The molecule has 1 aliphatic heterocycles. The molecule has 0 aromatic carbocycles. The second kappa shape index (κ2) is 9.03. The van der Waals surface area contributed by atoms with Crippen LogP contribution in [-0.2, 0) is 6.54 Å². The van der Waals surface area contributed by atoms with Crippen molar-refractivity contribution in [2.24, 2.45) is 5.92 Å². The molecule has 1 atom stereocenters. The highest BCUT2D eigenvalue weighted by Crippen LogP contribution is 2.18. The van der Waals surface area contributed by atoms with Gasteiger partial charge in [0.1, 0.15) is 11.6 Å². The Kier molecular flexibility index (Phi) is 6.49. The van der Waals surface area contributed by atoms with Crippen LogP contribution in [0, 0.1) is 12.8 Å². The van der Waals surface area contributed by atoms with Gasteiger partial charge >= 0.3 is 6.03 Å². The van der Waals surface area contributed by atoms with Crippen LogP contribution in [0.4, 0.5) is 10.6 Å². The van der Waals surface area contributed by atoms with E-state index >= 15 is 0 Å². The SMILES string of the molecule is Cc1cc(N2CCN(C(=O)NCC(C)Cn3cccn3)CC2)nc(C(C)C)n1. The highest BCUT2D eigenvalue weighted by atomic mass is 16.2. The van der Waals surface area contributed by atoms with Crippen molar-refractivity contribution in [2.75, 3.05) is 37.6 Å². The molecule has 1 saturated heterocycles. The molecule has 2 aromatic rings. The maximum atomic E-state index is 12.5. The predicted octanol–water partition coefficient (Wildman–Crippen LogP) is 2.27. The van der Waals surface area contributed by atoms with E-state index in [1.807, 2.05) is 34.8 Å². The minimum absolute atomic E-state index is 0.00806. The van der Waals surface area contributed by atoms with E-state index in [1.165, 1.54) is 0 Å². The first-order valence-electron chi connectivity index (χ1n) is 10.0. The van der Waals surface area contributed by atoms with Crippen LogP contribution in [0.25, 0.3) is 0 Å². The summed E-state index contributed by atoms with van der Waals surface area (Å²) in [5.41, 5.74) is 0.986. The highest BCUT2D eigenvalue weighted by molar-refractivity contribution is 5.74. The fourth-order valence-electron chi connectivity index (χ4n) is 3.30. The number of anilines is 1. The number of carbonyl (C=O) groups is 1. The summed E-state index contributed by atoms with van der Waals surface area (Å²) in [5, 5.41) is 7.27. The lowest BCUT2D eigenvalue weighted by atomic mass is 10.2. The van der Waals surface area contributed by atoms with Crippen molar-refractivity contribution in [3.05, 3.63) is 36.0 Å². The van der Waals surface area contributed by atoms with Gasteiger partial charge in [0.2, 0.25) is 0 Å². The molecule has 0 bridgehead atoms. The second-order valence-electron chi connectivity index (χ2n) is 7.87. The van der Waals surface area contributed by atoms with Crippen molar-refractivity contribution in [1.82, 2.24) is 30.0 Å². The lowest BCUT2D eigenvalue weighted by molar-refractivity contribution is 0.192. The maximum absolute atomic E-state index is 12.5. The van der Waals surface area contributed by atoms with E-state index in [9.17, 15) is 4.79 Å². The number of rotatable bonds is 6. The molecule has 1 N–H and O–H groups in total. The van der Waals surface area contributed by atoms with Crippen LogP contribution in [0.3, 0.4) is 0 Å². The molecule has 2 aromatic heterocycles. The summed E-state index contributed by atoms with van der Waals surface area (Å²) in [6.07, 6.45) is 3.71. The van der Waals surface area contributed by atoms with Gasteiger partial charge in [-0.25, -0.2) is 14.8 Å².